The van der Waals surface area contributed by atoms with Gasteiger partial charge in [0, 0.05) is 0 Å². The number of aryl methyl sites for hydroxylation is 1. The molecule has 0 N–H and O–H groups in total. The van der Waals surface area contributed by atoms with Gasteiger partial charge >= 0.3 is 84.9 Å². The molecule has 0 saturated heterocycles. The van der Waals surface area contributed by atoms with Gasteiger partial charge in [-0.2, -0.15) is 0 Å². The Bertz CT molecular complexity index is 267. The number of carbonyl (C=O) groups is 1. The summed E-state index contributed by atoms with van der Waals surface area (Å²) in [5, 5.41) is 1.98. The number of hydrogen-bond acceptors (Lipinski definition) is 2. The molecule has 0 spiro atoms. The van der Waals surface area contributed by atoms with Crippen LogP contribution in [-0.4, -0.2) is 20.7 Å². The van der Waals surface area contributed by atoms with E-state index in [1.54, 1.807) is 0 Å². The first kappa shape index (κ1) is 9.97. The van der Waals surface area contributed by atoms with E-state index < -0.39 is 0 Å². The summed E-state index contributed by atoms with van der Waals surface area (Å²) < 4.78 is 0.0797. The summed E-state index contributed by atoms with van der Waals surface area (Å²) in [5.74, 6) is 0. The van der Waals surface area contributed by atoms with E-state index in [-0.39, 0.29) is 4.68 Å². The first-order chi connectivity index (χ1) is 5.75. The van der Waals surface area contributed by atoms with E-state index in [1.165, 1.54) is 23.3 Å². The van der Waals surface area contributed by atoms with Gasteiger partial charge in [-0.05, 0) is 0 Å². The Labute approximate surface area is 85.0 Å². The average molecular weight is 246 g/mol. The summed E-state index contributed by atoms with van der Waals surface area (Å²) in [5.41, 5.74) is 1.20. The van der Waals surface area contributed by atoms with Gasteiger partial charge in [0.2, 0.25) is 0 Å². The molecule has 0 aliphatic carbocycles. The van der Waals surface area contributed by atoms with Crippen molar-refractivity contribution in [1.29, 1.82) is 0 Å². The Hall–Kier alpha value is -0.111. The van der Waals surface area contributed by atoms with Crippen molar-refractivity contribution in [2.45, 2.75) is 26.2 Å². The summed E-state index contributed by atoms with van der Waals surface area (Å²) in [6.45, 7) is 2.16. The third-order valence-corrected chi connectivity index (χ3v) is 3.41. The molecule has 0 aliphatic rings. The number of rotatable bonds is 4. The molecule has 0 aromatic carbocycles. The van der Waals surface area contributed by atoms with Gasteiger partial charge in [-0.25, -0.2) is 0 Å². The fraction of sp³-hybridized carbons (Fsp3) is 0.444. The van der Waals surface area contributed by atoms with Crippen LogP contribution in [0.1, 0.15) is 35.0 Å². The molecule has 1 radical (unpaired) electrons. The van der Waals surface area contributed by atoms with Crippen molar-refractivity contribution < 1.29 is 4.79 Å². The summed E-state index contributed by atoms with van der Waals surface area (Å²) in [7, 11) is 0. The topological polar surface area (TPSA) is 17.1 Å². The first-order valence-electron chi connectivity index (χ1n) is 4.03. The monoisotopic (exact) mass is 247 g/mol. The molecule has 1 heterocycles. The summed E-state index contributed by atoms with van der Waals surface area (Å²) in [4.78, 5) is 11.9. The zero-order chi connectivity index (χ0) is 8.97. The zero-order valence-electron chi connectivity index (χ0n) is 7.00. The fourth-order valence-electron chi connectivity index (χ4n) is 1.08. The Balaban J connectivity index is 2.70. The summed E-state index contributed by atoms with van der Waals surface area (Å²) in [6, 6.07) is 2.05. The predicted molar refractivity (Wildman–Crippen MR) is 53.0 cm³/mol. The molecule has 1 rings (SSSR count). The SMILES string of the molecule is CCCCc1ccsc1C(=O)[Se]. The Kier molecular flexibility index (Phi) is 3.99. The molecule has 1 nitrogen and oxygen atoms in total. The second-order valence-corrected chi connectivity index (χ2v) is 4.36. The van der Waals surface area contributed by atoms with Crippen molar-refractivity contribution in [3.05, 3.63) is 21.9 Å². The van der Waals surface area contributed by atoms with Crippen molar-refractivity contribution in [2.24, 2.45) is 0 Å². The second-order valence-electron chi connectivity index (χ2n) is 2.67. The van der Waals surface area contributed by atoms with Gasteiger partial charge in [0.15, 0.2) is 0 Å². The molecule has 1 aromatic rings. The minimum absolute atomic E-state index is 0.0797. The van der Waals surface area contributed by atoms with Crippen LogP contribution in [-0.2, 0) is 6.42 Å². The van der Waals surface area contributed by atoms with Crippen molar-refractivity contribution in [2.75, 3.05) is 0 Å². The van der Waals surface area contributed by atoms with Gasteiger partial charge in [-0.3, -0.25) is 0 Å². The fourth-order valence-corrected chi connectivity index (χ4v) is 2.44. The quantitative estimate of drug-likeness (QED) is 0.745. The van der Waals surface area contributed by atoms with Crippen LogP contribution in [0.4, 0.5) is 0 Å². The summed E-state index contributed by atoms with van der Waals surface area (Å²) in [6.07, 6.45) is 3.37. The van der Waals surface area contributed by atoms with E-state index in [2.05, 4.69) is 22.9 Å². The van der Waals surface area contributed by atoms with Gasteiger partial charge in [0.25, 0.3) is 0 Å². The Morgan fingerprint density at radius 1 is 1.67 bits per heavy atom. The van der Waals surface area contributed by atoms with Crippen molar-refractivity contribution in [3.63, 3.8) is 0 Å². The van der Waals surface area contributed by atoms with Crippen molar-refractivity contribution >= 4 is 32.0 Å². The molecular weight excluding hydrogens is 235 g/mol. The van der Waals surface area contributed by atoms with Crippen molar-refractivity contribution in [3.8, 4) is 0 Å². The second kappa shape index (κ2) is 4.80. The molecule has 0 unspecified atom stereocenters. The standard InChI is InChI=1S/C9H11OSSe/c1-2-3-4-7-5-6-11-8(7)9(10)12/h5-6H,2-4H2,1H3. The maximum atomic E-state index is 11.0. The molecule has 65 valence electrons. The number of thiophene rings is 1. The van der Waals surface area contributed by atoms with E-state index in [1.807, 2.05) is 11.4 Å². The normalized spacial score (nSPS) is 10.1. The van der Waals surface area contributed by atoms with Crippen LogP contribution in [0.25, 0.3) is 0 Å². The third-order valence-electron chi connectivity index (χ3n) is 1.73. The van der Waals surface area contributed by atoms with E-state index in [0.717, 1.165) is 17.7 Å². The number of hydrogen-bond donors (Lipinski definition) is 0. The van der Waals surface area contributed by atoms with Gasteiger partial charge in [-0.1, -0.05) is 0 Å². The molecule has 0 atom stereocenters. The van der Waals surface area contributed by atoms with Crippen LogP contribution in [0.2, 0.25) is 0 Å². The molecule has 0 saturated carbocycles. The van der Waals surface area contributed by atoms with E-state index in [0.29, 0.717) is 0 Å². The Morgan fingerprint density at radius 3 is 3.00 bits per heavy atom. The average Bonchev–Trinajstić information content (AvgIpc) is 2.48. The zero-order valence-corrected chi connectivity index (χ0v) is 9.53. The third kappa shape index (κ3) is 2.44. The van der Waals surface area contributed by atoms with Crippen LogP contribution in [0.15, 0.2) is 11.4 Å². The number of carbonyl (C=O) groups excluding carboxylic acids is 1. The van der Waals surface area contributed by atoms with E-state index in [4.69, 9.17) is 0 Å². The van der Waals surface area contributed by atoms with Gasteiger partial charge < -0.3 is 0 Å². The number of unbranched alkanes of at least 4 members (excludes halogenated alkanes) is 1. The molecule has 0 bridgehead atoms. The van der Waals surface area contributed by atoms with Gasteiger partial charge in [-0.15, -0.1) is 0 Å². The van der Waals surface area contributed by atoms with Crippen LogP contribution in [0, 0.1) is 0 Å². The molecule has 1 aromatic heterocycles. The van der Waals surface area contributed by atoms with Gasteiger partial charge in [0.1, 0.15) is 0 Å². The predicted octanol–water partition coefficient (Wildman–Crippen LogP) is 2.40. The first-order valence-corrected chi connectivity index (χ1v) is 5.77. The minimum atomic E-state index is 0.0797. The molecule has 0 aliphatic heterocycles. The van der Waals surface area contributed by atoms with E-state index >= 15 is 0 Å². The summed E-state index contributed by atoms with van der Waals surface area (Å²) >= 11 is 4.06. The molecule has 12 heavy (non-hydrogen) atoms. The van der Waals surface area contributed by atoms with Crippen molar-refractivity contribution in [1.82, 2.24) is 0 Å². The molecule has 0 amide bonds. The van der Waals surface area contributed by atoms with Crippen LogP contribution in [0.5, 0.6) is 0 Å². The van der Waals surface area contributed by atoms with Crippen LogP contribution in [0.3, 0.4) is 0 Å². The maximum absolute atomic E-state index is 11.0. The van der Waals surface area contributed by atoms with Gasteiger partial charge in [0.05, 0.1) is 0 Å². The van der Waals surface area contributed by atoms with E-state index in [9.17, 15) is 4.79 Å². The Morgan fingerprint density at radius 2 is 2.42 bits per heavy atom. The molecule has 0 fully saturated rings. The van der Waals surface area contributed by atoms with Crippen LogP contribution < -0.4 is 0 Å². The van der Waals surface area contributed by atoms with Crippen LogP contribution >= 0.6 is 11.3 Å². The molecular formula is C9H11OSSe. The molecule has 3 heteroatoms.